The topological polar surface area (TPSA) is 29.5 Å². The van der Waals surface area contributed by atoms with Gasteiger partial charge in [0, 0.05) is 24.4 Å². The Bertz CT molecular complexity index is 432. The molecule has 4 heteroatoms. The predicted molar refractivity (Wildman–Crippen MR) is 76.4 cm³/mol. The molecule has 2 rings (SSSR count). The van der Waals surface area contributed by atoms with Gasteiger partial charge in [0.1, 0.15) is 0 Å². The lowest BCUT2D eigenvalue weighted by molar-refractivity contribution is -0.143. The molecule has 1 fully saturated rings. The first kappa shape index (κ1) is 14.4. The van der Waals surface area contributed by atoms with Crippen LogP contribution in [0.4, 0.5) is 0 Å². The number of piperidine rings is 1. The smallest absolute Gasteiger partial charge is 0.302 e. The second-order valence-corrected chi connectivity index (χ2v) is 5.71. The molecular formula is C15H20ClNO2. The van der Waals surface area contributed by atoms with E-state index in [0.29, 0.717) is 18.4 Å². The monoisotopic (exact) mass is 281 g/mol. The van der Waals surface area contributed by atoms with Crippen molar-refractivity contribution in [2.24, 2.45) is 5.92 Å². The van der Waals surface area contributed by atoms with Crippen LogP contribution in [0.1, 0.15) is 24.8 Å². The fourth-order valence-corrected chi connectivity index (χ4v) is 2.88. The summed E-state index contributed by atoms with van der Waals surface area (Å²) in [5, 5.41) is 0.758. The molecule has 2 atom stereocenters. The lowest BCUT2D eigenvalue weighted by Gasteiger charge is -2.36. The van der Waals surface area contributed by atoms with Crippen molar-refractivity contribution in [3.05, 3.63) is 34.9 Å². The minimum absolute atomic E-state index is 0.205. The Kier molecular flexibility index (Phi) is 4.83. The number of hydrogen-bond acceptors (Lipinski definition) is 3. The molecule has 104 valence electrons. The van der Waals surface area contributed by atoms with E-state index in [9.17, 15) is 4.79 Å². The molecule has 1 heterocycles. The molecule has 0 aromatic heterocycles. The number of ether oxygens (including phenoxy) is 1. The van der Waals surface area contributed by atoms with Crippen molar-refractivity contribution in [2.75, 3.05) is 26.7 Å². The third kappa shape index (κ3) is 3.95. The van der Waals surface area contributed by atoms with Crippen molar-refractivity contribution < 1.29 is 9.53 Å². The summed E-state index contributed by atoms with van der Waals surface area (Å²) in [5.74, 6) is 0.583. The fourth-order valence-electron chi connectivity index (χ4n) is 2.76. The van der Waals surface area contributed by atoms with Crippen molar-refractivity contribution in [2.45, 2.75) is 19.3 Å². The highest BCUT2D eigenvalue weighted by Gasteiger charge is 2.29. The Balaban J connectivity index is 2.10. The normalized spacial score (nSPS) is 24.2. The van der Waals surface area contributed by atoms with Gasteiger partial charge in [-0.15, -0.1) is 0 Å². The number of halogens is 1. The molecule has 0 radical (unpaired) electrons. The van der Waals surface area contributed by atoms with E-state index in [2.05, 4.69) is 24.1 Å². The van der Waals surface area contributed by atoms with E-state index >= 15 is 0 Å². The molecular weight excluding hydrogens is 262 g/mol. The summed E-state index contributed by atoms with van der Waals surface area (Å²) in [6.07, 6.45) is 1.09. The number of likely N-dealkylation sites (tertiary alicyclic amines) is 1. The van der Waals surface area contributed by atoms with Crippen molar-refractivity contribution in [1.82, 2.24) is 4.90 Å². The van der Waals surface area contributed by atoms with Crippen LogP contribution in [0.5, 0.6) is 0 Å². The highest BCUT2D eigenvalue weighted by molar-refractivity contribution is 6.30. The molecule has 19 heavy (non-hydrogen) atoms. The van der Waals surface area contributed by atoms with Gasteiger partial charge in [0.25, 0.3) is 0 Å². The van der Waals surface area contributed by atoms with E-state index in [-0.39, 0.29) is 5.97 Å². The molecule has 0 amide bonds. The zero-order chi connectivity index (χ0) is 13.8. The first-order chi connectivity index (χ1) is 9.06. The Morgan fingerprint density at radius 3 is 2.74 bits per heavy atom. The maximum Gasteiger partial charge on any atom is 0.302 e. The average Bonchev–Trinajstić information content (AvgIpc) is 2.38. The highest BCUT2D eigenvalue weighted by atomic mass is 35.5. The molecule has 1 saturated heterocycles. The van der Waals surface area contributed by atoms with Crippen LogP contribution in [0.2, 0.25) is 5.02 Å². The van der Waals surface area contributed by atoms with Crippen LogP contribution in [0, 0.1) is 5.92 Å². The van der Waals surface area contributed by atoms with Gasteiger partial charge in [0.2, 0.25) is 0 Å². The molecule has 1 aromatic carbocycles. The van der Waals surface area contributed by atoms with Gasteiger partial charge in [-0.3, -0.25) is 4.79 Å². The SMILES string of the molecule is CC(=O)OC[C@H]1CN(C)CC[C@H]1c1ccc(Cl)cc1. The Hall–Kier alpha value is -1.06. The summed E-state index contributed by atoms with van der Waals surface area (Å²) in [5.41, 5.74) is 1.29. The molecule has 0 N–H and O–H groups in total. The maximum atomic E-state index is 11.0. The van der Waals surface area contributed by atoms with Gasteiger partial charge in [0.05, 0.1) is 6.61 Å². The molecule has 0 bridgehead atoms. The van der Waals surface area contributed by atoms with Gasteiger partial charge >= 0.3 is 5.97 Å². The first-order valence-corrected chi connectivity index (χ1v) is 7.01. The van der Waals surface area contributed by atoms with Gasteiger partial charge in [-0.05, 0) is 43.6 Å². The lowest BCUT2D eigenvalue weighted by atomic mass is 9.81. The molecule has 0 aliphatic carbocycles. The first-order valence-electron chi connectivity index (χ1n) is 6.63. The van der Waals surface area contributed by atoms with E-state index in [4.69, 9.17) is 16.3 Å². The van der Waals surface area contributed by atoms with Crippen LogP contribution in [0.25, 0.3) is 0 Å². The Morgan fingerprint density at radius 1 is 1.42 bits per heavy atom. The second-order valence-electron chi connectivity index (χ2n) is 5.27. The Morgan fingerprint density at radius 2 is 2.11 bits per heavy atom. The fraction of sp³-hybridized carbons (Fsp3) is 0.533. The van der Waals surface area contributed by atoms with E-state index in [0.717, 1.165) is 24.5 Å². The molecule has 1 aromatic rings. The number of esters is 1. The van der Waals surface area contributed by atoms with Crippen molar-refractivity contribution >= 4 is 17.6 Å². The third-order valence-electron chi connectivity index (χ3n) is 3.74. The summed E-state index contributed by atoms with van der Waals surface area (Å²) < 4.78 is 5.21. The van der Waals surface area contributed by atoms with Crippen LogP contribution in [-0.4, -0.2) is 37.6 Å². The molecule has 1 aliphatic rings. The number of nitrogens with zero attached hydrogens (tertiary/aromatic N) is 1. The van der Waals surface area contributed by atoms with Crippen molar-refractivity contribution in [3.63, 3.8) is 0 Å². The molecule has 3 nitrogen and oxygen atoms in total. The van der Waals surface area contributed by atoms with Gasteiger partial charge in [0.15, 0.2) is 0 Å². The quantitative estimate of drug-likeness (QED) is 0.798. The van der Waals surface area contributed by atoms with E-state index in [1.807, 2.05) is 12.1 Å². The zero-order valence-corrected chi connectivity index (χ0v) is 12.2. The summed E-state index contributed by atoms with van der Waals surface area (Å²) in [6, 6.07) is 8.02. The largest absolute Gasteiger partial charge is 0.466 e. The predicted octanol–water partition coefficient (Wildman–Crippen LogP) is 2.94. The summed E-state index contributed by atoms with van der Waals surface area (Å²) >= 11 is 5.94. The van der Waals surface area contributed by atoms with Gasteiger partial charge < -0.3 is 9.64 Å². The minimum Gasteiger partial charge on any atom is -0.466 e. The lowest BCUT2D eigenvalue weighted by Crippen LogP contribution is -2.39. The highest BCUT2D eigenvalue weighted by Crippen LogP contribution is 2.33. The number of carbonyl (C=O) groups excluding carboxylic acids is 1. The molecule has 0 spiro atoms. The summed E-state index contributed by atoms with van der Waals surface area (Å²) in [4.78, 5) is 13.3. The van der Waals surface area contributed by atoms with Crippen LogP contribution in [0.3, 0.4) is 0 Å². The number of rotatable bonds is 3. The minimum atomic E-state index is -0.205. The van der Waals surface area contributed by atoms with E-state index in [1.54, 1.807) is 0 Å². The van der Waals surface area contributed by atoms with E-state index in [1.165, 1.54) is 12.5 Å². The maximum absolute atomic E-state index is 11.0. The van der Waals surface area contributed by atoms with Crippen LogP contribution in [-0.2, 0) is 9.53 Å². The number of benzene rings is 1. The molecule has 1 aliphatic heterocycles. The van der Waals surface area contributed by atoms with E-state index < -0.39 is 0 Å². The number of carbonyl (C=O) groups is 1. The standard InChI is InChI=1S/C15H20ClNO2/c1-11(18)19-10-13-9-17(2)8-7-15(13)12-3-5-14(16)6-4-12/h3-6,13,15H,7-10H2,1-2H3/t13-,15+/m1/s1. The zero-order valence-electron chi connectivity index (χ0n) is 11.4. The van der Waals surface area contributed by atoms with Gasteiger partial charge in [-0.1, -0.05) is 23.7 Å². The van der Waals surface area contributed by atoms with Gasteiger partial charge in [-0.25, -0.2) is 0 Å². The van der Waals surface area contributed by atoms with Crippen LogP contribution < -0.4 is 0 Å². The number of hydrogen-bond donors (Lipinski definition) is 0. The summed E-state index contributed by atoms with van der Waals surface area (Å²) in [7, 11) is 2.11. The van der Waals surface area contributed by atoms with Crippen molar-refractivity contribution in [1.29, 1.82) is 0 Å². The van der Waals surface area contributed by atoms with Crippen molar-refractivity contribution in [3.8, 4) is 0 Å². The second kappa shape index (κ2) is 6.40. The molecule has 0 saturated carbocycles. The average molecular weight is 282 g/mol. The Labute approximate surface area is 119 Å². The van der Waals surface area contributed by atoms with Gasteiger partial charge in [-0.2, -0.15) is 0 Å². The molecule has 0 unspecified atom stereocenters. The van der Waals surface area contributed by atoms with Crippen LogP contribution in [0.15, 0.2) is 24.3 Å². The third-order valence-corrected chi connectivity index (χ3v) is 3.99. The summed E-state index contributed by atoms with van der Waals surface area (Å²) in [6.45, 7) is 3.99. The van der Waals surface area contributed by atoms with Crippen LogP contribution >= 0.6 is 11.6 Å².